The zero-order valence-corrected chi connectivity index (χ0v) is 13.2. The lowest BCUT2D eigenvalue weighted by Gasteiger charge is -2.06. The number of carbonyl (C=O) groups excluding carboxylic acids is 1. The Bertz CT molecular complexity index is 886. The lowest BCUT2D eigenvalue weighted by molar-refractivity contribution is -0.114. The standard InChI is InChI=1S/C16H14N4O2S/c1-11(21)18-16-19-13(9-23-16)8-20-10-17-7-14(15(20)22)12-5-3-2-4-6-12/h2-7,9-10H,8H2,1H3,(H,18,19,21). The van der Waals surface area contributed by atoms with E-state index in [1.165, 1.54) is 29.2 Å². The molecular weight excluding hydrogens is 312 g/mol. The average Bonchev–Trinajstić information content (AvgIpc) is 2.96. The van der Waals surface area contributed by atoms with Crippen LogP contribution >= 0.6 is 11.3 Å². The lowest BCUT2D eigenvalue weighted by Crippen LogP contribution is -2.22. The molecule has 6 nitrogen and oxygen atoms in total. The molecule has 116 valence electrons. The van der Waals surface area contributed by atoms with Crippen LogP contribution in [0, 0.1) is 0 Å². The van der Waals surface area contributed by atoms with Crippen LogP contribution in [0.5, 0.6) is 0 Å². The predicted molar refractivity (Wildman–Crippen MR) is 89.5 cm³/mol. The number of nitrogens with zero attached hydrogens (tertiary/aromatic N) is 3. The Labute approximate surface area is 136 Å². The molecule has 0 aliphatic carbocycles. The molecule has 0 spiro atoms. The van der Waals surface area contributed by atoms with Gasteiger partial charge in [0, 0.05) is 18.5 Å². The van der Waals surface area contributed by atoms with Gasteiger partial charge in [-0.3, -0.25) is 14.2 Å². The van der Waals surface area contributed by atoms with Gasteiger partial charge in [0.2, 0.25) is 5.91 Å². The van der Waals surface area contributed by atoms with Crippen LogP contribution in [0.2, 0.25) is 0 Å². The van der Waals surface area contributed by atoms with E-state index in [0.717, 1.165) is 5.56 Å². The highest BCUT2D eigenvalue weighted by atomic mass is 32.1. The minimum absolute atomic E-state index is 0.125. The summed E-state index contributed by atoms with van der Waals surface area (Å²) in [7, 11) is 0. The van der Waals surface area contributed by atoms with Crippen LogP contribution in [-0.2, 0) is 11.3 Å². The Hall–Kier alpha value is -2.80. The molecular formula is C16H14N4O2S. The zero-order valence-electron chi connectivity index (χ0n) is 12.4. The van der Waals surface area contributed by atoms with Gasteiger partial charge in [0.1, 0.15) is 0 Å². The van der Waals surface area contributed by atoms with E-state index in [4.69, 9.17) is 0 Å². The monoisotopic (exact) mass is 326 g/mol. The van der Waals surface area contributed by atoms with Crippen molar-refractivity contribution in [3.8, 4) is 11.1 Å². The maximum atomic E-state index is 12.6. The van der Waals surface area contributed by atoms with Crippen molar-refractivity contribution in [2.75, 3.05) is 5.32 Å². The van der Waals surface area contributed by atoms with Gasteiger partial charge in [-0.2, -0.15) is 0 Å². The predicted octanol–water partition coefficient (Wildman–Crippen LogP) is 2.37. The second-order valence-electron chi connectivity index (χ2n) is 4.93. The number of carbonyl (C=O) groups is 1. The SMILES string of the molecule is CC(=O)Nc1nc(Cn2cncc(-c3ccccc3)c2=O)cs1. The summed E-state index contributed by atoms with van der Waals surface area (Å²) in [6.45, 7) is 1.74. The van der Waals surface area contributed by atoms with Crippen molar-refractivity contribution in [1.29, 1.82) is 0 Å². The molecule has 0 fully saturated rings. The molecule has 1 amide bonds. The van der Waals surface area contributed by atoms with E-state index in [9.17, 15) is 9.59 Å². The molecule has 1 aromatic carbocycles. The summed E-state index contributed by atoms with van der Waals surface area (Å²) in [5.74, 6) is -0.171. The van der Waals surface area contributed by atoms with Crippen molar-refractivity contribution in [3.63, 3.8) is 0 Å². The van der Waals surface area contributed by atoms with Gasteiger partial charge in [-0.25, -0.2) is 9.97 Å². The molecule has 3 rings (SSSR count). The van der Waals surface area contributed by atoms with Gasteiger partial charge in [0.15, 0.2) is 5.13 Å². The minimum atomic E-state index is -0.171. The van der Waals surface area contributed by atoms with Crippen molar-refractivity contribution in [3.05, 3.63) is 64.3 Å². The quantitative estimate of drug-likeness (QED) is 0.798. The highest BCUT2D eigenvalue weighted by Gasteiger charge is 2.09. The number of hydrogen-bond donors (Lipinski definition) is 1. The van der Waals surface area contributed by atoms with E-state index >= 15 is 0 Å². The first-order valence-corrected chi connectivity index (χ1v) is 7.83. The molecule has 0 bridgehead atoms. The van der Waals surface area contributed by atoms with Crippen LogP contribution in [0.3, 0.4) is 0 Å². The number of anilines is 1. The van der Waals surface area contributed by atoms with Crippen molar-refractivity contribution in [2.45, 2.75) is 13.5 Å². The number of rotatable bonds is 4. The molecule has 0 unspecified atom stereocenters. The Balaban J connectivity index is 1.88. The smallest absolute Gasteiger partial charge is 0.261 e. The third-order valence-corrected chi connectivity index (χ3v) is 3.96. The molecule has 1 N–H and O–H groups in total. The maximum Gasteiger partial charge on any atom is 0.261 e. The Kier molecular flexibility index (Phi) is 4.29. The van der Waals surface area contributed by atoms with E-state index in [2.05, 4.69) is 15.3 Å². The molecule has 23 heavy (non-hydrogen) atoms. The first kappa shape index (κ1) is 15.1. The Morgan fingerprint density at radius 3 is 2.83 bits per heavy atom. The molecule has 0 saturated carbocycles. The normalized spacial score (nSPS) is 10.5. The highest BCUT2D eigenvalue weighted by molar-refractivity contribution is 7.13. The summed E-state index contributed by atoms with van der Waals surface area (Å²) in [4.78, 5) is 32.0. The van der Waals surface area contributed by atoms with E-state index in [0.29, 0.717) is 22.9 Å². The van der Waals surface area contributed by atoms with E-state index in [1.54, 1.807) is 6.20 Å². The molecule has 0 aliphatic heterocycles. The molecule has 7 heteroatoms. The maximum absolute atomic E-state index is 12.6. The fraction of sp³-hybridized carbons (Fsp3) is 0.125. The van der Waals surface area contributed by atoms with Crippen LogP contribution in [0.15, 0.2) is 53.0 Å². The van der Waals surface area contributed by atoms with E-state index < -0.39 is 0 Å². The third-order valence-electron chi connectivity index (χ3n) is 3.15. The summed E-state index contributed by atoms with van der Waals surface area (Å²) in [6.07, 6.45) is 3.06. The molecule has 0 aliphatic rings. The van der Waals surface area contributed by atoms with Crippen molar-refractivity contribution < 1.29 is 4.79 Å². The average molecular weight is 326 g/mol. The van der Waals surface area contributed by atoms with Gasteiger partial charge in [-0.05, 0) is 5.56 Å². The fourth-order valence-electron chi connectivity index (χ4n) is 2.14. The number of hydrogen-bond acceptors (Lipinski definition) is 5. The van der Waals surface area contributed by atoms with Gasteiger partial charge >= 0.3 is 0 Å². The first-order valence-electron chi connectivity index (χ1n) is 6.95. The fourth-order valence-corrected chi connectivity index (χ4v) is 2.89. The van der Waals surface area contributed by atoms with E-state index in [-0.39, 0.29) is 11.5 Å². The first-order chi connectivity index (χ1) is 11.1. The molecule has 2 aromatic heterocycles. The molecule has 0 atom stereocenters. The lowest BCUT2D eigenvalue weighted by atomic mass is 10.1. The van der Waals surface area contributed by atoms with Crippen LogP contribution in [0.4, 0.5) is 5.13 Å². The molecule has 0 saturated heterocycles. The topological polar surface area (TPSA) is 76.9 Å². The molecule has 3 aromatic rings. The van der Waals surface area contributed by atoms with Gasteiger partial charge in [0.05, 0.1) is 24.1 Å². The Morgan fingerprint density at radius 1 is 1.30 bits per heavy atom. The number of aromatic nitrogens is 3. The van der Waals surface area contributed by atoms with Crippen LogP contribution < -0.4 is 10.9 Å². The zero-order chi connectivity index (χ0) is 16.2. The molecule has 0 radical (unpaired) electrons. The highest BCUT2D eigenvalue weighted by Crippen LogP contribution is 2.16. The van der Waals surface area contributed by atoms with Gasteiger partial charge in [-0.1, -0.05) is 30.3 Å². The van der Waals surface area contributed by atoms with Crippen molar-refractivity contribution >= 4 is 22.4 Å². The second-order valence-corrected chi connectivity index (χ2v) is 5.79. The van der Waals surface area contributed by atoms with Gasteiger partial charge in [-0.15, -0.1) is 11.3 Å². The number of amides is 1. The van der Waals surface area contributed by atoms with Crippen molar-refractivity contribution in [2.24, 2.45) is 0 Å². The van der Waals surface area contributed by atoms with E-state index in [1.807, 2.05) is 35.7 Å². The van der Waals surface area contributed by atoms with Crippen LogP contribution in [-0.4, -0.2) is 20.4 Å². The van der Waals surface area contributed by atoms with Gasteiger partial charge in [0.25, 0.3) is 5.56 Å². The summed E-state index contributed by atoms with van der Waals surface area (Å²) < 4.78 is 1.51. The molecule has 2 heterocycles. The number of thiazole rings is 1. The second kappa shape index (κ2) is 6.53. The summed E-state index contributed by atoms with van der Waals surface area (Å²) in [5.41, 5.74) is 1.95. The number of benzene rings is 1. The third kappa shape index (κ3) is 3.51. The Morgan fingerprint density at radius 2 is 2.09 bits per heavy atom. The summed E-state index contributed by atoms with van der Waals surface area (Å²) in [6, 6.07) is 9.41. The summed E-state index contributed by atoms with van der Waals surface area (Å²) in [5, 5.41) is 4.96. The van der Waals surface area contributed by atoms with Crippen molar-refractivity contribution in [1.82, 2.24) is 14.5 Å². The number of nitrogens with one attached hydrogen (secondary N) is 1. The van der Waals surface area contributed by atoms with Crippen LogP contribution in [0.25, 0.3) is 11.1 Å². The van der Waals surface area contributed by atoms with Gasteiger partial charge < -0.3 is 5.32 Å². The summed E-state index contributed by atoms with van der Waals surface area (Å²) >= 11 is 1.32. The van der Waals surface area contributed by atoms with Crippen LogP contribution in [0.1, 0.15) is 12.6 Å². The largest absolute Gasteiger partial charge is 0.302 e. The minimum Gasteiger partial charge on any atom is -0.302 e.